The highest BCUT2D eigenvalue weighted by molar-refractivity contribution is 5.86. The lowest BCUT2D eigenvalue weighted by molar-refractivity contribution is -0.124. The van der Waals surface area contributed by atoms with E-state index in [0.717, 1.165) is 23.0 Å². The third-order valence-corrected chi connectivity index (χ3v) is 3.35. The molecule has 0 bridgehead atoms. The molecular formula is C16H19NO2. The smallest absolute Gasteiger partial charge is 0.172 e. The summed E-state index contributed by atoms with van der Waals surface area (Å²) < 4.78 is 5.65. The van der Waals surface area contributed by atoms with E-state index in [2.05, 4.69) is 4.98 Å². The molecule has 0 radical (unpaired) electrons. The molecule has 0 aliphatic heterocycles. The summed E-state index contributed by atoms with van der Waals surface area (Å²) in [6.45, 7) is 5.99. The zero-order chi connectivity index (χ0) is 13.8. The Balaban J connectivity index is 2.21. The minimum absolute atomic E-state index is 0.0460. The van der Waals surface area contributed by atoms with Crippen LogP contribution >= 0.6 is 0 Å². The van der Waals surface area contributed by atoms with E-state index in [-0.39, 0.29) is 18.3 Å². The summed E-state index contributed by atoms with van der Waals surface area (Å²) in [6.07, 6.45) is 0.842. The zero-order valence-corrected chi connectivity index (χ0v) is 11.6. The summed E-state index contributed by atoms with van der Waals surface area (Å²) in [6, 6.07) is 9.75. The number of hydrogen-bond acceptors (Lipinski definition) is 3. The molecule has 0 saturated carbocycles. The Bertz CT molecular complexity index is 592. The largest absolute Gasteiger partial charge is 0.484 e. The van der Waals surface area contributed by atoms with Crippen LogP contribution in [-0.2, 0) is 4.79 Å². The van der Waals surface area contributed by atoms with Crippen LogP contribution in [0.3, 0.4) is 0 Å². The summed E-state index contributed by atoms with van der Waals surface area (Å²) in [5, 5.41) is 1.03. The molecule has 0 fully saturated rings. The molecule has 0 aliphatic rings. The lowest BCUT2D eigenvalue weighted by Gasteiger charge is -2.11. The Hall–Kier alpha value is -1.90. The van der Waals surface area contributed by atoms with Gasteiger partial charge in [-0.05, 0) is 25.5 Å². The van der Waals surface area contributed by atoms with Crippen LogP contribution in [0.2, 0.25) is 0 Å². The summed E-state index contributed by atoms with van der Waals surface area (Å²) in [5.74, 6) is 0.856. The number of aromatic nitrogens is 1. The molecule has 0 spiro atoms. The second kappa shape index (κ2) is 5.83. The molecule has 0 aliphatic carbocycles. The fourth-order valence-corrected chi connectivity index (χ4v) is 1.85. The maximum absolute atomic E-state index is 11.8. The van der Waals surface area contributed by atoms with Crippen LogP contribution in [0, 0.1) is 12.8 Å². The second-order valence-electron chi connectivity index (χ2n) is 4.84. The highest BCUT2D eigenvalue weighted by Gasteiger charge is 2.12. The fourth-order valence-electron chi connectivity index (χ4n) is 1.85. The van der Waals surface area contributed by atoms with Crippen LogP contribution in [-0.4, -0.2) is 17.4 Å². The first-order valence-electron chi connectivity index (χ1n) is 6.63. The maximum atomic E-state index is 11.8. The Kier molecular flexibility index (Phi) is 4.15. The number of ketones is 1. The lowest BCUT2D eigenvalue weighted by atomic mass is 10.0. The highest BCUT2D eigenvalue weighted by atomic mass is 16.5. The van der Waals surface area contributed by atoms with Gasteiger partial charge in [0.25, 0.3) is 0 Å². The summed E-state index contributed by atoms with van der Waals surface area (Å²) in [4.78, 5) is 16.3. The van der Waals surface area contributed by atoms with E-state index in [9.17, 15) is 4.79 Å². The van der Waals surface area contributed by atoms with Gasteiger partial charge in [-0.1, -0.05) is 32.0 Å². The van der Waals surface area contributed by atoms with Crippen LogP contribution in [0.25, 0.3) is 10.9 Å². The zero-order valence-electron chi connectivity index (χ0n) is 11.6. The van der Waals surface area contributed by atoms with Crippen molar-refractivity contribution in [2.45, 2.75) is 27.2 Å². The molecule has 1 atom stereocenters. The van der Waals surface area contributed by atoms with Crippen molar-refractivity contribution in [3.05, 3.63) is 36.0 Å². The first kappa shape index (κ1) is 13.5. The Morgan fingerprint density at radius 2 is 2.11 bits per heavy atom. The van der Waals surface area contributed by atoms with Crippen molar-refractivity contribution >= 4 is 16.7 Å². The van der Waals surface area contributed by atoms with Crippen LogP contribution in [0.4, 0.5) is 0 Å². The van der Waals surface area contributed by atoms with Gasteiger partial charge in [0.15, 0.2) is 5.78 Å². The van der Waals surface area contributed by atoms with E-state index in [0.29, 0.717) is 5.75 Å². The molecule has 100 valence electrons. The summed E-state index contributed by atoms with van der Waals surface area (Å²) in [7, 11) is 0. The fraction of sp³-hybridized carbons (Fsp3) is 0.375. The van der Waals surface area contributed by atoms with E-state index in [1.165, 1.54) is 0 Å². The molecule has 0 amide bonds. The predicted octanol–water partition coefficient (Wildman–Crippen LogP) is 3.54. The molecule has 0 N–H and O–H groups in total. The molecular weight excluding hydrogens is 238 g/mol. The number of Topliss-reactive ketones (excluding diaryl/α,β-unsaturated/α-hetero) is 1. The molecule has 19 heavy (non-hydrogen) atoms. The van der Waals surface area contributed by atoms with Gasteiger partial charge in [-0.25, -0.2) is 4.98 Å². The molecule has 2 rings (SSSR count). The minimum Gasteiger partial charge on any atom is -0.484 e. The van der Waals surface area contributed by atoms with Crippen molar-refractivity contribution in [3.63, 3.8) is 0 Å². The summed E-state index contributed by atoms with van der Waals surface area (Å²) in [5.41, 5.74) is 1.76. The molecule has 1 aromatic carbocycles. The molecule has 0 saturated heterocycles. The first-order valence-corrected chi connectivity index (χ1v) is 6.63. The summed E-state index contributed by atoms with van der Waals surface area (Å²) >= 11 is 0. The standard InChI is InChI=1S/C16H19NO2/c1-4-11(2)14(18)10-19-15-7-5-6-13-9-8-12(3)17-16(13)15/h5-9,11H,4,10H2,1-3H3. The number of nitrogens with zero attached hydrogens (tertiary/aromatic N) is 1. The van der Waals surface area contributed by atoms with Gasteiger partial charge in [-0.2, -0.15) is 0 Å². The first-order chi connectivity index (χ1) is 9.11. The van der Waals surface area contributed by atoms with Gasteiger partial charge >= 0.3 is 0 Å². The van der Waals surface area contributed by atoms with E-state index in [1.807, 2.05) is 51.1 Å². The average Bonchev–Trinajstić information content (AvgIpc) is 2.43. The molecule has 3 heteroatoms. The van der Waals surface area contributed by atoms with Crippen molar-refractivity contribution in [2.24, 2.45) is 5.92 Å². The van der Waals surface area contributed by atoms with Gasteiger partial charge in [-0.15, -0.1) is 0 Å². The predicted molar refractivity (Wildman–Crippen MR) is 76.4 cm³/mol. The molecule has 1 aromatic heterocycles. The average molecular weight is 257 g/mol. The van der Waals surface area contributed by atoms with Crippen LogP contribution in [0.1, 0.15) is 26.0 Å². The number of benzene rings is 1. The topological polar surface area (TPSA) is 39.2 Å². The van der Waals surface area contributed by atoms with Gasteiger partial charge in [-0.3, -0.25) is 4.79 Å². The number of pyridine rings is 1. The van der Waals surface area contributed by atoms with E-state index in [1.54, 1.807) is 0 Å². The normalized spacial score (nSPS) is 12.4. The van der Waals surface area contributed by atoms with E-state index in [4.69, 9.17) is 4.74 Å². The van der Waals surface area contributed by atoms with Crippen molar-refractivity contribution in [1.82, 2.24) is 4.98 Å². The number of fused-ring (bicyclic) bond motifs is 1. The molecule has 2 aromatic rings. The van der Waals surface area contributed by atoms with Crippen LogP contribution in [0.15, 0.2) is 30.3 Å². The lowest BCUT2D eigenvalue weighted by Crippen LogP contribution is -2.18. The van der Waals surface area contributed by atoms with Crippen LogP contribution in [0.5, 0.6) is 5.75 Å². The SMILES string of the molecule is CCC(C)C(=O)COc1cccc2ccc(C)nc12. The van der Waals surface area contributed by atoms with Crippen molar-refractivity contribution in [2.75, 3.05) is 6.61 Å². The molecule has 1 heterocycles. The van der Waals surface area contributed by atoms with Gasteiger partial charge in [0.1, 0.15) is 17.9 Å². The number of carbonyl (C=O) groups is 1. The number of aryl methyl sites for hydroxylation is 1. The minimum atomic E-state index is 0.0460. The number of rotatable bonds is 5. The Morgan fingerprint density at radius 3 is 2.84 bits per heavy atom. The quantitative estimate of drug-likeness (QED) is 0.822. The third kappa shape index (κ3) is 3.11. The highest BCUT2D eigenvalue weighted by Crippen LogP contribution is 2.24. The second-order valence-corrected chi connectivity index (χ2v) is 4.84. The van der Waals surface area contributed by atoms with E-state index < -0.39 is 0 Å². The van der Waals surface area contributed by atoms with Crippen LogP contribution < -0.4 is 4.74 Å². The molecule has 3 nitrogen and oxygen atoms in total. The van der Waals surface area contributed by atoms with Gasteiger partial charge in [0, 0.05) is 17.0 Å². The van der Waals surface area contributed by atoms with Crippen molar-refractivity contribution in [1.29, 1.82) is 0 Å². The number of hydrogen-bond donors (Lipinski definition) is 0. The number of carbonyl (C=O) groups excluding carboxylic acids is 1. The van der Waals surface area contributed by atoms with Gasteiger partial charge < -0.3 is 4.74 Å². The van der Waals surface area contributed by atoms with Gasteiger partial charge in [0.05, 0.1) is 0 Å². The monoisotopic (exact) mass is 257 g/mol. The number of para-hydroxylation sites is 1. The number of ether oxygens (including phenoxy) is 1. The Morgan fingerprint density at radius 1 is 1.32 bits per heavy atom. The van der Waals surface area contributed by atoms with E-state index >= 15 is 0 Å². The van der Waals surface area contributed by atoms with Gasteiger partial charge in [0.2, 0.25) is 0 Å². The Labute approximate surface area is 113 Å². The molecule has 1 unspecified atom stereocenters. The maximum Gasteiger partial charge on any atom is 0.172 e. The third-order valence-electron chi connectivity index (χ3n) is 3.35. The van der Waals surface area contributed by atoms with Crippen molar-refractivity contribution in [3.8, 4) is 5.75 Å². The van der Waals surface area contributed by atoms with Crippen molar-refractivity contribution < 1.29 is 9.53 Å².